The molecule has 1 aromatic carbocycles. The molecule has 2 rings (SSSR count). The number of hydrogen-bond acceptors (Lipinski definition) is 8. The molecule has 1 aliphatic rings. The summed E-state index contributed by atoms with van der Waals surface area (Å²) >= 11 is 0. The Balaban J connectivity index is 2.43. The van der Waals surface area contributed by atoms with Crippen molar-refractivity contribution in [3.05, 3.63) is 29.8 Å². The molecule has 0 aromatic heterocycles. The number of aliphatic hydroxyl groups is 6. The number of carbonyl (C=O) groups is 1. The predicted molar refractivity (Wildman–Crippen MR) is 67.4 cm³/mol. The zero-order valence-electron chi connectivity index (χ0n) is 10.7. The molecule has 1 aromatic rings. The van der Waals surface area contributed by atoms with E-state index in [-0.39, 0.29) is 11.3 Å². The van der Waals surface area contributed by atoms with Gasteiger partial charge in [-0.25, -0.2) is 0 Å². The summed E-state index contributed by atoms with van der Waals surface area (Å²) in [5, 5.41) is 67.8. The van der Waals surface area contributed by atoms with E-state index < -0.39 is 41.9 Å². The highest BCUT2D eigenvalue weighted by atomic mass is 16.4. The van der Waals surface area contributed by atoms with Gasteiger partial charge in [0, 0.05) is 5.56 Å². The summed E-state index contributed by atoms with van der Waals surface area (Å²) in [5.74, 6) is -1.30. The van der Waals surface area contributed by atoms with E-state index in [0.717, 1.165) is 24.3 Å². The van der Waals surface area contributed by atoms with Crippen molar-refractivity contribution < 1.29 is 40.5 Å². The van der Waals surface area contributed by atoms with Crippen molar-refractivity contribution in [2.75, 3.05) is 0 Å². The van der Waals surface area contributed by atoms with Crippen LogP contribution in [0, 0.1) is 0 Å². The minimum Gasteiger partial charge on any atom is -0.508 e. The maximum atomic E-state index is 12.3. The molecule has 0 radical (unpaired) electrons. The fourth-order valence-corrected chi connectivity index (χ4v) is 2.38. The molecule has 0 heterocycles. The average molecular weight is 300 g/mol. The second-order valence-corrected chi connectivity index (χ2v) is 5.06. The Bertz CT molecular complexity index is 511. The summed E-state index contributed by atoms with van der Waals surface area (Å²) in [6, 6.07) is 4.58. The van der Waals surface area contributed by atoms with Crippen LogP contribution in [0.3, 0.4) is 0 Å². The minimum absolute atomic E-state index is 0.140. The van der Waals surface area contributed by atoms with E-state index in [1.165, 1.54) is 0 Å². The van der Waals surface area contributed by atoms with Gasteiger partial charge in [-0.15, -0.1) is 0 Å². The van der Waals surface area contributed by atoms with Gasteiger partial charge in [-0.2, -0.15) is 0 Å². The third-order valence-corrected chi connectivity index (χ3v) is 3.74. The van der Waals surface area contributed by atoms with Gasteiger partial charge >= 0.3 is 0 Å². The first-order valence-corrected chi connectivity index (χ1v) is 6.17. The Hall–Kier alpha value is -1.55. The predicted octanol–water partition coefficient (Wildman–Crippen LogP) is -2.88. The van der Waals surface area contributed by atoms with Crippen molar-refractivity contribution in [1.82, 2.24) is 0 Å². The van der Waals surface area contributed by atoms with Gasteiger partial charge in [0.1, 0.15) is 36.3 Å². The summed E-state index contributed by atoms with van der Waals surface area (Å²) in [6.07, 6.45) is -10.4. The first-order valence-electron chi connectivity index (χ1n) is 6.17. The number of Topliss-reactive ketones (excluding diaryl/α,β-unsaturated/α-hetero) is 1. The molecule has 2 unspecified atom stereocenters. The van der Waals surface area contributed by atoms with Crippen molar-refractivity contribution in [3.8, 4) is 5.75 Å². The van der Waals surface area contributed by atoms with Gasteiger partial charge in [0.05, 0.1) is 0 Å². The number of carbonyl (C=O) groups excluding carboxylic acids is 1. The smallest absolute Gasteiger partial charge is 0.199 e. The highest BCUT2D eigenvalue weighted by Gasteiger charge is 2.61. The molecule has 21 heavy (non-hydrogen) atoms. The van der Waals surface area contributed by atoms with E-state index in [2.05, 4.69) is 0 Å². The fraction of sp³-hybridized carbons (Fsp3) is 0.462. The summed E-state index contributed by atoms with van der Waals surface area (Å²) in [6.45, 7) is 0. The Kier molecular flexibility index (Phi) is 4.02. The van der Waals surface area contributed by atoms with Crippen LogP contribution in [0.15, 0.2) is 24.3 Å². The first kappa shape index (κ1) is 15.8. The quantitative estimate of drug-likeness (QED) is 0.287. The molecular weight excluding hydrogens is 284 g/mol. The molecule has 0 aliphatic heterocycles. The van der Waals surface area contributed by atoms with E-state index in [1.54, 1.807) is 0 Å². The third kappa shape index (κ3) is 2.31. The Morgan fingerprint density at radius 3 is 1.71 bits per heavy atom. The maximum Gasteiger partial charge on any atom is 0.199 e. The number of hydrogen-bond donors (Lipinski definition) is 7. The molecule has 1 fully saturated rings. The second-order valence-electron chi connectivity index (χ2n) is 5.06. The zero-order valence-corrected chi connectivity index (χ0v) is 10.7. The van der Waals surface area contributed by atoms with Crippen LogP contribution in [-0.4, -0.2) is 77.6 Å². The van der Waals surface area contributed by atoms with Crippen molar-refractivity contribution in [2.24, 2.45) is 0 Å². The van der Waals surface area contributed by atoms with Gasteiger partial charge in [-0.05, 0) is 24.3 Å². The van der Waals surface area contributed by atoms with E-state index in [9.17, 15) is 35.4 Å². The second kappa shape index (κ2) is 5.34. The lowest BCUT2D eigenvalue weighted by molar-refractivity contribution is -0.248. The Morgan fingerprint density at radius 2 is 1.29 bits per heavy atom. The van der Waals surface area contributed by atoms with Crippen molar-refractivity contribution in [2.45, 2.75) is 36.1 Å². The lowest BCUT2D eigenvalue weighted by Crippen LogP contribution is -2.73. The van der Waals surface area contributed by atoms with Crippen LogP contribution in [0.2, 0.25) is 0 Å². The molecule has 0 saturated heterocycles. The van der Waals surface area contributed by atoms with Crippen LogP contribution in [0.5, 0.6) is 5.75 Å². The maximum absolute atomic E-state index is 12.3. The number of aliphatic hydroxyl groups excluding tert-OH is 5. The molecule has 0 amide bonds. The van der Waals surface area contributed by atoms with Crippen molar-refractivity contribution >= 4 is 5.78 Å². The third-order valence-electron chi connectivity index (χ3n) is 3.74. The molecule has 7 N–H and O–H groups in total. The number of ketones is 1. The van der Waals surface area contributed by atoms with Gasteiger partial charge in [0.15, 0.2) is 11.4 Å². The molecule has 6 atom stereocenters. The number of phenols is 1. The van der Waals surface area contributed by atoms with Gasteiger partial charge < -0.3 is 35.7 Å². The van der Waals surface area contributed by atoms with Crippen molar-refractivity contribution in [1.29, 1.82) is 0 Å². The van der Waals surface area contributed by atoms with Gasteiger partial charge in [-0.1, -0.05) is 0 Å². The molecule has 116 valence electrons. The zero-order chi connectivity index (χ0) is 15.9. The van der Waals surface area contributed by atoms with E-state index >= 15 is 0 Å². The van der Waals surface area contributed by atoms with Crippen LogP contribution >= 0.6 is 0 Å². The summed E-state index contributed by atoms with van der Waals surface area (Å²) in [5.41, 5.74) is -3.06. The van der Waals surface area contributed by atoms with E-state index in [1.807, 2.05) is 0 Å². The number of benzene rings is 1. The molecule has 0 spiro atoms. The molecule has 1 aliphatic carbocycles. The Labute approximate surface area is 119 Å². The molecular formula is C13H16O8. The molecule has 0 bridgehead atoms. The summed E-state index contributed by atoms with van der Waals surface area (Å²) in [4.78, 5) is 12.3. The van der Waals surface area contributed by atoms with E-state index in [0.29, 0.717) is 0 Å². The number of phenolic OH excluding ortho intramolecular Hbond substituents is 1. The normalized spacial score (nSPS) is 40.0. The average Bonchev–Trinajstić information content (AvgIpc) is 2.49. The Morgan fingerprint density at radius 1 is 0.857 bits per heavy atom. The van der Waals surface area contributed by atoms with Crippen LogP contribution in [0.25, 0.3) is 0 Å². The van der Waals surface area contributed by atoms with Crippen LogP contribution in [-0.2, 0) is 0 Å². The highest BCUT2D eigenvalue weighted by molar-refractivity contribution is 6.03. The molecule has 8 heteroatoms. The standard InChI is InChI=1S/C13H16O8/c14-6-3-1-5(2-4-6)10(18)13(21)11(19)8(16)7(15)9(17)12(13)20/h1-4,7-9,11-12,14-17,19-21H/t7?,8-,9-,11-,12+,13?/m0/s1. The first-order chi connectivity index (χ1) is 9.71. The number of rotatable bonds is 2. The minimum atomic E-state index is -2.89. The fourth-order valence-electron chi connectivity index (χ4n) is 2.38. The van der Waals surface area contributed by atoms with E-state index in [4.69, 9.17) is 5.11 Å². The monoisotopic (exact) mass is 300 g/mol. The number of aromatic hydroxyl groups is 1. The lowest BCUT2D eigenvalue weighted by Gasteiger charge is -2.46. The largest absolute Gasteiger partial charge is 0.508 e. The molecule has 8 nitrogen and oxygen atoms in total. The van der Waals surface area contributed by atoms with Gasteiger partial charge in [-0.3, -0.25) is 4.79 Å². The van der Waals surface area contributed by atoms with Crippen molar-refractivity contribution in [3.63, 3.8) is 0 Å². The SMILES string of the molecule is O=C(c1ccc(O)cc1)C1(O)[C@H](O)[C@@H](O)C(O)[C@H](O)[C@@H]1O. The van der Waals surface area contributed by atoms with Crippen LogP contribution < -0.4 is 0 Å². The van der Waals surface area contributed by atoms with Gasteiger partial charge in [0.25, 0.3) is 0 Å². The van der Waals surface area contributed by atoms with Crippen LogP contribution in [0.1, 0.15) is 10.4 Å². The lowest BCUT2D eigenvalue weighted by atomic mass is 9.71. The van der Waals surface area contributed by atoms with Crippen LogP contribution in [0.4, 0.5) is 0 Å². The summed E-state index contributed by atoms with van der Waals surface area (Å²) < 4.78 is 0. The van der Waals surface area contributed by atoms with Gasteiger partial charge in [0.2, 0.25) is 0 Å². The molecule has 1 saturated carbocycles. The topological polar surface area (TPSA) is 159 Å². The highest BCUT2D eigenvalue weighted by Crippen LogP contribution is 2.33. The summed E-state index contributed by atoms with van der Waals surface area (Å²) in [7, 11) is 0.